The van der Waals surface area contributed by atoms with Crippen LogP contribution >= 0.6 is 0 Å². The third-order valence-corrected chi connectivity index (χ3v) is 3.75. The Balaban J connectivity index is 3.29. The van der Waals surface area contributed by atoms with Crippen LogP contribution in [0.3, 0.4) is 0 Å². The number of likely N-dealkylation sites (N-methyl/N-ethyl adjacent to an activating group) is 1. The molecule has 0 spiro atoms. The molecule has 6 heteroatoms. The van der Waals surface area contributed by atoms with Crippen LogP contribution in [-0.4, -0.2) is 48.1 Å². The van der Waals surface area contributed by atoms with Crippen LogP contribution in [0.1, 0.15) is 47.5 Å². The zero-order chi connectivity index (χ0) is 17.2. The monoisotopic (exact) mass is 319 g/mol. The summed E-state index contributed by atoms with van der Waals surface area (Å²) in [6.45, 7) is 12.5. The molecule has 0 saturated carbocycles. The van der Waals surface area contributed by atoms with Gasteiger partial charge in [-0.3, -0.25) is 0 Å². The number of unbranched alkanes of at least 4 members (excludes halogenated alkanes) is 1. The first-order valence-electron chi connectivity index (χ1n) is 8.49. The van der Waals surface area contributed by atoms with E-state index in [1.165, 1.54) is 0 Å². The molecule has 1 aromatic rings. The van der Waals surface area contributed by atoms with Crippen LogP contribution in [0.2, 0.25) is 0 Å². The van der Waals surface area contributed by atoms with Gasteiger partial charge in [0.25, 0.3) is 0 Å². The molecule has 1 atom stereocenters. The Hall–Kier alpha value is -1.98. The van der Waals surface area contributed by atoms with Gasteiger partial charge >= 0.3 is 0 Å². The smallest absolute Gasteiger partial charge is 0.227 e. The van der Waals surface area contributed by atoms with Crippen LogP contribution in [0.15, 0.2) is 11.2 Å². The number of hydrogen-bond donors (Lipinski definition) is 0. The van der Waals surface area contributed by atoms with Gasteiger partial charge in [0.2, 0.25) is 5.95 Å². The van der Waals surface area contributed by atoms with E-state index in [-0.39, 0.29) is 6.04 Å². The number of rotatable bonds is 10. The molecule has 0 aromatic carbocycles. The summed E-state index contributed by atoms with van der Waals surface area (Å²) in [5.74, 6) is 1.31. The number of anilines is 2. The first-order chi connectivity index (χ1) is 11.1. The van der Waals surface area contributed by atoms with Crippen molar-refractivity contribution < 1.29 is 4.79 Å². The van der Waals surface area contributed by atoms with E-state index >= 15 is 0 Å². The number of aromatic nitrogens is 2. The summed E-state index contributed by atoms with van der Waals surface area (Å²) in [5, 5.41) is 0. The average Bonchev–Trinajstić information content (AvgIpc) is 2.58. The van der Waals surface area contributed by atoms with Gasteiger partial charge in [-0.15, -0.1) is 0 Å². The molecular weight excluding hydrogens is 290 g/mol. The molecule has 0 aliphatic heterocycles. The molecule has 0 amide bonds. The summed E-state index contributed by atoms with van der Waals surface area (Å²) >= 11 is 0. The molecule has 0 saturated heterocycles. The van der Waals surface area contributed by atoms with Gasteiger partial charge in [-0.1, -0.05) is 13.3 Å². The predicted octanol–water partition coefficient (Wildman–Crippen LogP) is 3.24. The van der Waals surface area contributed by atoms with Gasteiger partial charge in [-0.25, -0.2) is 9.98 Å². The fraction of sp³-hybridized carbons (Fsp3) is 0.647. The summed E-state index contributed by atoms with van der Waals surface area (Å²) < 4.78 is 0. The molecule has 128 valence electrons. The predicted molar refractivity (Wildman–Crippen MR) is 97.2 cm³/mol. The lowest BCUT2D eigenvalue weighted by atomic mass is 10.2. The molecule has 23 heavy (non-hydrogen) atoms. The maximum Gasteiger partial charge on any atom is 0.227 e. The molecule has 0 N–H and O–H groups in total. The molecule has 0 bridgehead atoms. The molecule has 0 unspecified atom stereocenters. The van der Waals surface area contributed by atoms with Gasteiger partial charge in [-0.2, -0.15) is 4.98 Å². The van der Waals surface area contributed by atoms with Crippen molar-refractivity contribution in [3.8, 4) is 0 Å². The molecule has 1 rings (SSSR count). The minimum Gasteiger partial charge on any atom is -0.358 e. The summed E-state index contributed by atoms with van der Waals surface area (Å²) in [4.78, 5) is 28.9. The molecule has 0 aliphatic carbocycles. The maximum absolute atomic E-state index is 11.2. The van der Waals surface area contributed by atoms with Gasteiger partial charge in [0.05, 0.1) is 12.2 Å². The number of hydrogen-bond acceptors (Lipinski definition) is 6. The SMILES string of the molecule is CCCC=Nc1nc(N(CC)CC)ncc1N(CC)[C@@H](C)C=O. The highest BCUT2D eigenvalue weighted by atomic mass is 16.1. The second-order valence-electron chi connectivity index (χ2n) is 5.31. The number of aldehydes is 1. The Morgan fingerprint density at radius 2 is 1.91 bits per heavy atom. The lowest BCUT2D eigenvalue weighted by molar-refractivity contribution is -0.108. The Labute approximate surface area is 139 Å². The van der Waals surface area contributed by atoms with Crippen molar-refractivity contribution in [2.45, 2.75) is 53.5 Å². The minimum absolute atomic E-state index is 0.233. The van der Waals surface area contributed by atoms with E-state index in [2.05, 4.69) is 40.6 Å². The van der Waals surface area contributed by atoms with E-state index in [4.69, 9.17) is 0 Å². The summed E-state index contributed by atoms with van der Waals surface area (Å²) in [6.07, 6.45) is 6.54. The Kier molecular flexibility index (Phi) is 8.22. The van der Waals surface area contributed by atoms with E-state index in [0.29, 0.717) is 18.3 Å². The van der Waals surface area contributed by atoms with Gasteiger partial charge < -0.3 is 14.6 Å². The van der Waals surface area contributed by atoms with Crippen LogP contribution in [0, 0.1) is 0 Å². The van der Waals surface area contributed by atoms with Gasteiger partial charge in [0, 0.05) is 25.8 Å². The Morgan fingerprint density at radius 1 is 1.22 bits per heavy atom. The van der Waals surface area contributed by atoms with Crippen LogP contribution in [0.25, 0.3) is 0 Å². The van der Waals surface area contributed by atoms with Crippen molar-refractivity contribution in [3.05, 3.63) is 6.20 Å². The maximum atomic E-state index is 11.2. The van der Waals surface area contributed by atoms with E-state index in [1.54, 1.807) is 6.20 Å². The molecule has 1 aromatic heterocycles. The van der Waals surface area contributed by atoms with Crippen molar-refractivity contribution >= 4 is 30.0 Å². The highest BCUT2D eigenvalue weighted by Crippen LogP contribution is 2.29. The highest BCUT2D eigenvalue weighted by Gasteiger charge is 2.18. The topological polar surface area (TPSA) is 61.7 Å². The summed E-state index contributed by atoms with van der Waals surface area (Å²) in [5.41, 5.74) is 0.801. The van der Waals surface area contributed by atoms with Crippen molar-refractivity contribution in [3.63, 3.8) is 0 Å². The number of carbonyl (C=O) groups is 1. The zero-order valence-corrected chi connectivity index (χ0v) is 15.0. The van der Waals surface area contributed by atoms with Crippen molar-refractivity contribution in [2.24, 2.45) is 4.99 Å². The number of carbonyl (C=O) groups excluding carboxylic acids is 1. The fourth-order valence-corrected chi connectivity index (χ4v) is 2.35. The van der Waals surface area contributed by atoms with E-state index < -0.39 is 0 Å². The minimum atomic E-state index is -0.233. The molecular formula is C17H29N5O. The quantitative estimate of drug-likeness (QED) is 0.489. The van der Waals surface area contributed by atoms with Gasteiger partial charge in [-0.05, 0) is 34.1 Å². The number of aliphatic imine (C=N–C) groups is 1. The fourth-order valence-electron chi connectivity index (χ4n) is 2.35. The molecule has 0 fully saturated rings. The average molecular weight is 319 g/mol. The molecule has 1 heterocycles. The Morgan fingerprint density at radius 3 is 2.43 bits per heavy atom. The summed E-state index contributed by atoms with van der Waals surface area (Å²) in [7, 11) is 0. The van der Waals surface area contributed by atoms with Gasteiger partial charge in [0.1, 0.15) is 12.0 Å². The summed E-state index contributed by atoms with van der Waals surface area (Å²) in [6, 6.07) is -0.233. The highest BCUT2D eigenvalue weighted by molar-refractivity contribution is 5.74. The third-order valence-electron chi connectivity index (χ3n) is 3.75. The van der Waals surface area contributed by atoms with Crippen molar-refractivity contribution in [1.82, 2.24) is 9.97 Å². The normalized spacial score (nSPS) is 12.4. The first-order valence-corrected chi connectivity index (χ1v) is 8.49. The first kappa shape index (κ1) is 19.1. The second-order valence-corrected chi connectivity index (χ2v) is 5.31. The van der Waals surface area contributed by atoms with Crippen molar-refractivity contribution in [1.29, 1.82) is 0 Å². The van der Waals surface area contributed by atoms with Crippen LogP contribution in [0.5, 0.6) is 0 Å². The largest absolute Gasteiger partial charge is 0.358 e. The van der Waals surface area contributed by atoms with Gasteiger partial charge in [0.15, 0.2) is 5.82 Å². The zero-order valence-electron chi connectivity index (χ0n) is 15.0. The van der Waals surface area contributed by atoms with Crippen LogP contribution < -0.4 is 9.80 Å². The Bertz CT molecular complexity index is 514. The second kappa shape index (κ2) is 9.92. The lowest BCUT2D eigenvalue weighted by Crippen LogP contribution is -2.34. The van der Waals surface area contributed by atoms with E-state index in [9.17, 15) is 4.79 Å². The van der Waals surface area contributed by atoms with E-state index in [1.807, 2.05) is 25.0 Å². The molecule has 0 aliphatic rings. The molecule has 6 nitrogen and oxygen atoms in total. The lowest BCUT2D eigenvalue weighted by Gasteiger charge is -2.27. The molecule has 0 radical (unpaired) electrons. The third kappa shape index (κ3) is 5.01. The standard InChI is InChI=1S/C17H29N5O/c1-6-10-11-18-16-15(22(9-4)14(5)13-23)12-19-17(20-16)21(7-2)8-3/h11-14H,6-10H2,1-5H3/t14-/m0/s1. The number of nitrogens with zero attached hydrogens (tertiary/aromatic N) is 5. The van der Waals surface area contributed by atoms with Crippen molar-refractivity contribution in [2.75, 3.05) is 29.4 Å². The van der Waals surface area contributed by atoms with E-state index in [0.717, 1.165) is 37.9 Å². The van der Waals surface area contributed by atoms with Crippen LogP contribution in [-0.2, 0) is 4.79 Å². The van der Waals surface area contributed by atoms with Crippen LogP contribution in [0.4, 0.5) is 17.5 Å².